The molecule has 8 heteroatoms. The van der Waals surface area contributed by atoms with Crippen LogP contribution in [0.15, 0.2) is 21.9 Å². The molecule has 3 N–H and O–H groups in total. The number of aromatic nitrogens is 1. The predicted molar refractivity (Wildman–Crippen MR) is 73.1 cm³/mol. The molecule has 0 saturated carbocycles. The summed E-state index contributed by atoms with van der Waals surface area (Å²) in [5.41, 5.74) is 7.90. The number of nitrogens with zero attached hydrogens (tertiary/aromatic N) is 1. The minimum Gasteiger partial charge on any atom is -0.326 e. The summed E-state index contributed by atoms with van der Waals surface area (Å²) in [5, 5.41) is 1.81. The Hall–Kier alpha value is -0.800. The quantitative estimate of drug-likeness (QED) is 0.875. The molecule has 98 valence electrons. The van der Waals surface area contributed by atoms with Gasteiger partial charge in [-0.05, 0) is 13.0 Å². The van der Waals surface area contributed by atoms with Crippen LogP contribution >= 0.6 is 22.7 Å². The number of thiophene rings is 1. The molecular formula is C10H13N3O2S3. The number of thiazole rings is 1. The van der Waals surface area contributed by atoms with Crippen molar-refractivity contribution in [2.24, 2.45) is 5.73 Å². The lowest BCUT2D eigenvalue weighted by Crippen LogP contribution is -2.23. The number of sulfonamides is 1. The third-order valence-electron chi connectivity index (χ3n) is 2.34. The zero-order valence-corrected chi connectivity index (χ0v) is 12.2. The number of nitrogens with two attached hydrogens (primary N) is 1. The van der Waals surface area contributed by atoms with E-state index in [1.165, 1.54) is 22.7 Å². The van der Waals surface area contributed by atoms with Crippen LogP contribution in [0.4, 0.5) is 0 Å². The average Bonchev–Trinajstić information content (AvgIpc) is 2.95. The first kappa shape index (κ1) is 13.6. The van der Waals surface area contributed by atoms with Gasteiger partial charge in [0.1, 0.15) is 0 Å². The SMILES string of the molecule is Cc1sc(CN)cc1S(=O)(=O)NCc1cscn1. The lowest BCUT2D eigenvalue weighted by atomic mass is 10.4. The van der Waals surface area contributed by atoms with Crippen LogP contribution in [-0.2, 0) is 23.1 Å². The minimum absolute atomic E-state index is 0.207. The second-order valence-electron chi connectivity index (χ2n) is 3.64. The monoisotopic (exact) mass is 303 g/mol. The van der Waals surface area contributed by atoms with Gasteiger partial charge in [0.05, 0.1) is 22.6 Å². The van der Waals surface area contributed by atoms with Crippen molar-refractivity contribution in [3.8, 4) is 0 Å². The predicted octanol–water partition coefficient (Wildman–Crippen LogP) is 1.45. The molecule has 0 amide bonds. The molecule has 0 aliphatic rings. The van der Waals surface area contributed by atoms with Crippen LogP contribution < -0.4 is 10.5 Å². The van der Waals surface area contributed by atoms with Crippen molar-refractivity contribution in [1.82, 2.24) is 9.71 Å². The summed E-state index contributed by atoms with van der Waals surface area (Å²) in [6.45, 7) is 2.34. The normalized spacial score (nSPS) is 11.9. The molecule has 5 nitrogen and oxygen atoms in total. The second-order valence-corrected chi connectivity index (χ2v) is 7.44. The van der Waals surface area contributed by atoms with E-state index >= 15 is 0 Å². The molecule has 18 heavy (non-hydrogen) atoms. The van der Waals surface area contributed by atoms with Gasteiger partial charge in [-0.15, -0.1) is 22.7 Å². The molecule has 0 fully saturated rings. The fourth-order valence-corrected chi connectivity index (χ4v) is 4.53. The van der Waals surface area contributed by atoms with Gasteiger partial charge in [0.2, 0.25) is 10.0 Å². The fraction of sp³-hybridized carbons (Fsp3) is 0.300. The van der Waals surface area contributed by atoms with Crippen molar-refractivity contribution < 1.29 is 8.42 Å². The molecule has 0 atom stereocenters. The topological polar surface area (TPSA) is 85.1 Å². The van der Waals surface area contributed by atoms with Crippen LogP contribution in [0.3, 0.4) is 0 Å². The fourth-order valence-electron chi connectivity index (χ4n) is 1.46. The van der Waals surface area contributed by atoms with E-state index in [2.05, 4.69) is 9.71 Å². The molecule has 2 heterocycles. The average molecular weight is 303 g/mol. The lowest BCUT2D eigenvalue weighted by Gasteiger charge is -2.04. The van der Waals surface area contributed by atoms with Crippen LogP contribution in [0.1, 0.15) is 15.4 Å². The summed E-state index contributed by atoms with van der Waals surface area (Å²) in [7, 11) is -3.49. The smallest absolute Gasteiger partial charge is 0.242 e. The highest BCUT2D eigenvalue weighted by molar-refractivity contribution is 7.89. The van der Waals surface area contributed by atoms with Crippen LogP contribution in [0, 0.1) is 6.92 Å². The second kappa shape index (κ2) is 5.45. The Balaban J connectivity index is 2.17. The molecule has 0 unspecified atom stereocenters. The van der Waals surface area contributed by atoms with Crippen LogP contribution in [0.5, 0.6) is 0 Å². The molecule has 0 aliphatic heterocycles. The van der Waals surface area contributed by atoms with Crippen LogP contribution in [-0.4, -0.2) is 13.4 Å². The molecule has 0 aromatic carbocycles. The molecule has 0 spiro atoms. The van der Waals surface area contributed by atoms with Gasteiger partial charge in [-0.1, -0.05) is 0 Å². The summed E-state index contributed by atoms with van der Waals surface area (Å²) < 4.78 is 26.8. The molecule has 2 aromatic rings. The third-order valence-corrected chi connectivity index (χ3v) is 5.71. The number of rotatable bonds is 5. The molecular weight excluding hydrogens is 290 g/mol. The maximum absolute atomic E-state index is 12.1. The standard InChI is InChI=1S/C10H13N3O2S3/c1-7-10(2-9(3-11)17-7)18(14,15)13-4-8-5-16-6-12-8/h2,5-6,13H,3-4,11H2,1H3. The van der Waals surface area contributed by atoms with Crippen molar-refractivity contribution in [3.05, 3.63) is 32.4 Å². The zero-order valence-electron chi connectivity index (χ0n) is 9.71. The first-order chi connectivity index (χ1) is 8.53. The van der Waals surface area contributed by atoms with Crippen molar-refractivity contribution in [2.75, 3.05) is 0 Å². The van der Waals surface area contributed by atoms with Gasteiger partial charge < -0.3 is 5.73 Å². The highest BCUT2D eigenvalue weighted by Gasteiger charge is 2.19. The molecule has 2 rings (SSSR count). The number of aryl methyl sites for hydroxylation is 1. The van der Waals surface area contributed by atoms with E-state index in [9.17, 15) is 8.42 Å². The summed E-state index contributed by atoms with van der Waals surface area (Å²) in [4.78, 5) is 5.95. The third kappa shape index (κ3) is 2.96. The van der Waals surface area contributed by atoms with Crippen molar-refractivity contribution >= 4 is 32.7 Å². The van der Waals surface area contributed by atoms with Gasteiger partial charge in [0.15, 0.2) is 0 Å². The first-order valence-electron chi connectivity index (χ1n) is 5.19. The summed E-state index contributed by atoms with van der Waals surface area (Å²) in [5.74, 6) is 0. The highest BCUT2D eigenvalue weighted by Crippen LogP contribution is 2.25. The molecule has 0 aliphatic carbocycles. The van der Waals surface area contributed by atoms with Gasteiger partial charge in [0.25, 0.3) is 0 Å². The van der Waals surface area contributed by atoms with Crippen molar-refractivity contribution in [2.45, 2.75) is 24.9 Å². The molecule has 2 aromatic heterocycles. The van der Waals surface area contributed by atoms with Gasteiger partial charge >= 0.3 is 0 Å². The molecule has 0 saturated heterocycles. The van der Waals surface area contributed by atoms with Gasteiger partial charge in [0, 0.05) is 21.7 Å². The van der Waals surface area contributed by atoms with E-state index in [0.29, 0.717) is 11.4 Å². The maximum Gasteiger partial charge on any atom is 0.242 e. The van der Waals surface area contributed by atoms with Crippen molar-refractivity contribution in [3.63, 3.8) is 0 Å². The Bertz CT molecular complexity index is 617. The zero-order chi connectivity index (χ0) is 13.2. The largest absolute Gasteiger partial charge is 0.326 e. The molecule has 0 bridgehead atoms. The Morgan fingerprint density at radius 2 is 2.28 bits per heavy atom. The van der Waals surface area contributed by atoms with Gasteiger partial charge in [-0.25, -0.2) is 18.1 Å². The van der Waals surface area contributed by atoms with E-state index < -0.39 is 10.0 Å². The van der Waals surface area contributed by atoms with Gasteiger partial charge in [-0.3, -0.25) is 0 Å². The number of hydrogen-bond donors (Lipinski definition) is 2. The Kier molecular flexibility index (Phi) is 4.13. The summed E-state index contributed by atoms with van der Waals surface area (Å²) >= 11 is 2.84. The van der Waals surface area contributed by atoms with E-state index in [1.807, 2.05) is 5.38 Å². The molecule has 0 radical (unpaired) electrons. The summed E-state index contributed by atoms with van der Waals surface area (Å²) in [6.07, 6.45) is 0. The van der Waals surface area contributed by atoms with Crippen molar-refractivity contribution in [1.29, 1.82) is 0 Å². The first-order valence-corrected chi connectivity index (χ1v) is 8.43. The van der Waals surface area contributed by atoms with E-state index in [-0.39, 0.29) is 6.54 Å². The Labute approximate surface area is 114 Å². The highest BCUT2D eigenvalue weighted by atomic mass is 32.2. The lowest BCUT2D eigenvalue weighted by molar-refractivity contribution is 0.580. The van der Waals surface area contributed by atoms with E-state index in [4.69, 9.17) is 5.73 Å². The van der Waals surface area contributed by atoms with Crippen LogP contribution in [0.2, 0.25) is 0 Å². The summed E-state index contributed by atoms with van der Waals surface area (Å²) in [6, 6.07) is 1.63. The van der Waals surface area contributed by atoms with Gasteiger partial charge in [-0.2, -0.15) is 0 Å². The maximum atomic E-state index is 12.1. The van der Waals surface area contributed by atoms with E-state index in [0.717, 1.165) is 15.4 Å². The van der Waals surface area contributed by atoms with E-state index in [1.54, 1.807) is 18.5 Å². The van der Waals surface area contributed by atoms with Crippen LogP contribution in [0.25, 0.3) is 0 Å². The Morgan fingerprint density at radius 3 is 2.83 bits per heavy atom. The minimum atomic E-state index is -3.49. The number of nitrogens with one attached hydrogen (secondary N) is 1. The number of hydrogen-bond acceptors (Lipinski definition) is 6. The Morgan fingerprint density at radius 1 is 1.50 bits per heavy atom.